The largest absolute Gasteiger partial charge is 0.494 e. The Kier molecular flexibility index (Phi) is 4.70. The number of nitrogens with one attached hydrogen (secondary N) is 1. The van der Waals surface area contributed by atoms with Gasteiger partial charge in [0.1, 0.15) is 11.4 Å². The lowest BCUT2D eigenvalue weighted by Crippen LogP contribution is -1.89. The molecule has 0 atom stereocenters. The van der Waals surface area contributed by atoms with E-state index in [0.717, 1.165) is 17.1 Å². The molecule has 19 heavy (non-hydrogen) atoms. The summed E-state index contributed by atoms with van der Waals surface area (Å²) in [5, 5.41) is 4.05. The van der Waals surface area contributed by atoms with Crippen molar-refractivity contribution in [3.05, 3.63) is 54.6 Å². The quantitative estimate of drug-likeness (QED) is 0.655. The van der Waals surface area contributed by atoms with Crippen molar-refractivity contribution < 1.29 is 4.74 Å². The second kappa shape index (κ2) is 6.96. The summed E-state index contributed by atoms with van der Waals surface area (Å²) >= 11 is 0. The van der Waals surface area contributed by atoms with E-state index in [0.29, 0.717) is 0 Å². The summed E-state index contributed by atoms with van der Waals surface area (Å²) in [5.74, 6) is 0.739. The summed E-state index contributed by atoms with van der Waals surface area (Å²) in [6.45, 7) is 0. The van der Waals surface area contributed by atoms with Gasteiger partial charge in [0.2, 0.25) is 0 Å². The number of aliphatic imine (C=N–C) groups is 1. The van der Waals surface area contributed by atoms with E-state index in [1.54, 1.807) is 19.5 Å². The van der Waals surface area contributed by atoms with Gasteiger partial charge in [0, 0.05) is 6.21 Å². The van der Waals surface area contributed by atoms with Gasteiger partial charge in [-0.2, -0.15) is 5.10 Å². The Morgan fingerprint density at radius 1 is 0.947 bits per heavy atom. The van der Waals surface area contributed by atoms with E-state index in [1.807, 2.05) is 54.6 Å². The maximum atomic E-state index is 5.20. The minimum absolute atomic E-state index is 0.739. The SMILES string of the molecule is COc1ccccc1N=C/C=N/Nc1ccccc1. The minimum Gasteiger partial charge on any atom is -0.494 e. The van der Waals surface area contributed by atoms with Gasteiger partial charge in [-0.25, -0.2) is 0 Å². The van der Waals surface area contributed by atoms with Crippen LogP contribution < -0.4 is 10.2 Å². The molecule has 0 aliphatic rings. The lowest BCUT2D eigenvalue weighted by Gasteiger charge is -2.01. The van der Waals surface area contributed by atoms with Crippen LogP contribution in [0.15, 0.2) is 64.7 Å². The molecule has 0 saturated heterocycles. The molecule has 0 amide bonds. The number of methoxy groups -OCH3 is 1. The van der Waals surface area contributed by atoms with Crippen LogP contribution in [0.2, 0.25) is 0 Å². The molecule has 0 heterocycles. The van der Waals surface area contributed by atoms with Gasteiger partial charge in [-0.1, -0.05) is 30.3 Å². The zero-order chi connectivity index (χ0) is 13.3. The highest BCUT2D eigenvalue weighted by molar-refractivity contribution is 6.17. The number of hydrazone groups is 1. The number of anilines is 1. The summed E-state index contributed by atoms with van der Waals surface area (Å²) in [4.78, 5) is 4.27. The number of hydrogen-bond acceptors (Lipinski definition) is 4. The zero-order valence-corrected chi connectivity index (χ0v) is 10.7. The van der Waals surface area contributed by atoms with E-state index in [-0.39, 0.29) is 0 Å². The first-order chi connectivity index (χ1) is 9.40. The molecule has 0 fully saturated rings. The molecule has 4 heteroatoms. The number of rotatable bonds is 5. The third-order valence-electron chi connectivity index (χ3n) is 2.41. The van der Waals surface area contributed by atoms with E-state index in [2.05, 4.69) is 15.5 Å². The highest BCUT2D eigenvalue weighted by atomic mass is 16.5. The third-order valence-corrected chi connectivity index (χ3v) is 2.41. The van der Waals surface area contributed by atoms with Crippen LogP contribution in [-0.4, -0.2) is 19.5 Å². The molecular weight excluding hydrogens is 238 g/mol. The number of ether oxygens (including phenoxy) is 1. The van der Waals surface area contributed by atoms with Crippen LogP contribution in [-0.2, 0) is 0 Å². The van der Waals surface area contributed by atoms with Crippen LogP contribution >= 0.6 is 0 Å². The van der Waals surface area contributed by atoms with Crippen LogP contribution in [0, 0.1) is 0 Å². The summed E-state index contributed by atoms with van der Waals surface area (Å²) in [5.41, 5.74) is 4.62. The van der Waals surface area contributed by atoms with Crippen molar-refractivity contribution in [2.24, 2.45) is 10.1 Å². The monoisotopic (exact) mass is 253 g/mol. The average molecular weight is 253 g/mol. The fraction of sp³-hybridized carbons (Fsp3) is 0.0667. The van der Waals surface area contributed by atoms with Crippen LogP contribution in [0.1, 0.15) is 0 Å². The second-order valence-electron chi connectivity index (χ2n) is 3.71. The summed E-state index contributed by atoms with van der Waals surface area (Å²) in [6, 6.07) is 17.3. The lowest BCUT2D eigenvalue weighted by molar-refractivity contribution is 0.416. The van der Waals surface area contributed by atoms with Crippen LogP contribution in [0.5, 0.6) is 5.75 Å². The van der Waals surface area contributed by atoms with Gasteiger partial charge >= 0.3 is 0 Å². The maximum Gasteiger partial charge on any atom is 0.144 e. The topological polar surface area (TPSA) is 46.0 Å². The molecule has 2 rings (SSSR count). The summed E-state index contributed by atoms with van der Waals surface area (Å²) in [7, 11) is 1.62. The van der Waals surface area contributed by atoms with Crippen molar-refractivity contribution in [2.45, 2.75) is 0 Å². The Bertz CT molecular complexity index is 565. The first-order valence-electron chi connectivity index (χ1n) is 5.90. The predicted molar refractivity (Wildman–Crippen MR) is 79.7 cm³/mol. The maximum absolute atomic E-state index is 5.20. The van der Waals surface area contributed by atoms with Crippen LogP contribution in [0.3, 0.4) is 0 Å². The van der Waals surface area contributed by atoms with Gasteiger partial charge in [0.15, 0.2) is 0 Å². The molecule has 0 spiro atoms. The normalized spacial score (nSPS) is 11.0. The Balaban J connectivity index is 1.93. The van der Waals surface area contributed by atoms with E-state index < -0.39 is 0 Å². The molecule has 0 radical (unpaired) electrons. The predicted octanol–water partition coefficient (Wildman–Crippen LogP) is 3.50. The van der Waals surface area contributed by atoms with E-state index in [1.165, 1.54) is 0 Å². The third kappa shape index (κ3) is 3.96. The molecule has 0 unspecified atom stereocenters. The highest BCUT2D eigenvalue weighted by Crippen LogP contribution is 2.25. The van der Waals surface area contributed by atoms with Crippen molar-refractivity contribution in [2.75, 3.05) is 12.5 Å². The molecule has 1 N–H and O–H groups in total. The summed E-state index contributed by atoms with van der Waals surface area (Å²) < 4.78 is 5.20. The van der Waals surface area contributed by atoms with Gasteiger partial charge in [0.25, 0.3) is 0 Å². The Morgan fingerprint density at radius 2 is 1.68 bits per heavy atom. The molecule has 2 aromatic rings. The molecule has 0 aliphatic heterocycles. The van der Waals surface area contributed by atoms with Gasteiger partial charge in [0.05, 0.1) is 19.0 Å². The molecule has 0 bridgehead atoms. The standard InChI is InChI=1S/C15H15N3O/c1-19-15-10-6-5-9-14(15)16-11-12-17-18-13-7-3-2-4-8-13/h2-12,18H,1H3/b16-11?,17-12+. The molecule has 0 aromatic heterocycles. The molecule has 0 saturated carbocycles. The Labute approximate surface area is 112 Å². The molecule has 4 nitrogen and oxygen atoms in total. The zero-order valence-electron chi connectivity index (χ0n) is 10.7. The Hall–Kier alpha value is -2.62. The molecule has 96 valence electrons. The van der Waals surface area contributed by atoms with E-state index >= 15 is 0 Å². The van der Waals surface area contributed by atoms with Crippen molar-refractivity contribution in [1.82, 2.24) is 0 Å². The second-order valence-corrected chi connectivity index (χ2v) is 3.71. The Morgan fingerprint density at radius 3 is 2.47 bits per heavy atom. The lowest BCUT2D eigenvalue weighted by atomic mass is 10.3. The fourth-order valence-electron chi connectivity index (χ4n) is 1.51. The van der Waals surface area contributed by atoms with Gasteiger partial charge in [-0.3, -0.25) is 10.4 Å². The minimum atomic E-state index is 0.739. The first kappa shape index (κ1) is 12.8. The number of para-hydroxylation sites is 3. The molecule has 2 aromatic carbocycles. The van der Waals surface area contributed by atoms with Gasteiger partial charge in [-0.15, -0.1) is 0 Å². The first-order valence-corrected chi connectivity index (χ1v) is 5.90. The molecular formula is C15H15N3O. The van der Waals surface area contributed by atoms with E-state index in [4.69, 9.17) is 4.74 Å². The highest BCUT2D eigenvalue weighted by Gasteiger charge is 1.96. The average Bonchev–Trinajstić information content (AvgIpc) is 2.48. The van der Waals surface area contributed by atoms with Crippen molar-refractivity contribution in [3.8, 4) is 5.75 Å². The van der Waals surface area contributed by atoms with E-state index in [9.17, 15) is 0 Å². The van der Waals surface area contributed by atoms with Crippen LogP contribution in [0.4, 0.5) is 11.4 Å². The smallest absolute Gasteiger partial charge is 0.144 e. The fourth-order valence-corrected chi connectivity index (χ4v) is 1.51. The van der Waals surface area contributed by atoms with Gasteiger partial charge in [-0.05, 0) is 24.3 Å². The molecule has 0 aliphatic carbocycles. The van der Waals surface area contributed by atoms with Gasteiger partial charge < -0.3 is 4.74 Å². The van der Waals surface area contributed by atoms with Crippen molar-refractivity contribution >= 4 is 23.8 Å². The number of hydrogen-bond donors (Lipinski definition) is 1. The number of benzene rings is 2. The van der Waals surface area contributed by atoms with Crippen molar-refractivity contribution in [1.29, 1.82) is 0 Å². The van der Waals surface area contributed by atoms with Crippen LogP contribution in [0.25, 0.3) is 0 Å². The summed E-state index contributed by atoms with van der Waals surface area (Å²) in [6.07, 6.45) is 3.22. The van der Waals surface area contributed by atoms with Crippen molar-refractivity contribution in [3.63, 3.8) is 0 Å². The number of nitrogens with zero attached hydrogens (tertiary/aromatic N) is 2.